The van der Waals surface area contributed by atoms with Crippen molar-refractivity contribution in [2.45, 2.75) is 19.9 Å². The van der Waals surface area contributed by atoms with Gasteiger partial charge in [-0.3, -0.25) is 4.79 Å². The molecule has 1 heterocycles. The number of alkyl halides is 1. The van der Waals surface area contributed by atoms with E-state index < -0.39 is 0 Å². The van der Waals surface area contributed by atoms with Gasteiger partial charge in [-0.1, -0.05) is 22.9 Å². The number of hydrogen-bond acceptors (Lipinski definition) is 3. The number of amides is 1. The van der Waals surface area contributed by atoms with Gasteiger partial charge in [0.15, 0.2) is 0 Å². The lowest BCUT2D eigenvalue weighted by molar-refractivity contribution is -0.118. The van der Waals surface area contributed by atoms with Crippen LogP contribution in [-0.2, 0) is 17.8 Å². The van der Waals surface area contributed by atoms with Gasteiger partial charge in [-0.05, 0) is 0 Å². The predicted molar refractivity (Wildman–Crippen MR) is 51.5 cm³/mol. The van der Waals surface area contributed by atoms with Gasteiger partial charge in [-0.2, -0.15) is 0 Å². The molecule has 0 fully saturated rings. The molecule has 0 saturated heterocycles. The summed E-state index contributed by atoms with van der Waals surface area (Å²) in [7, 11) is 0. The number of carbonyl (C=O) groups is 1. The van der Waals surface area contributed by atoms with Crippen LogP contribution in [0.3, 0.4) is 0 Å². The maximum Gasteiger partial charge on any atom is 0.231 e. The molecule has 0 bridgehead atoms. The van der Waals surface area contributed by atoms with Crippen LogP contribution < -0.4 is 5.32 Å². The Morgan fingerprint density at radius 2 is 2.54 bits per heavy atom. The minimum Gasteiger partial charge on any atom is -0.444 e. The zero-order valence-electron chi connectivity index (χ0n) is 7.34. The molecule has 1 amide bonds. The van der Waals surface area contributed by atoms with Crippen LogP contribution >= 0.6 is 15.9 Å². The average molecular weight is 247 g/mol. The molecule has 0 radical (unpaired) electrons. The summed E-state index contributed by atoms with van der Waals surface area (Å²) in [6.45, 7) is 2.34. The van der Waals surface area contributed by atoms with Crippen LogP contribution in [0.25, 0.3) is 0 Å². The minimum absolute atomic E-state index is 0.0729. The number of halogens is 1. The molecule has 0 atom stereocenters. The van der Waals surface area contributed by atoms with Gasteiger partial charge in [0.25, 0.3) is 0 Å². The second kappa shape index (κ2) is 5.01. The Bertz CT molecular complexity index is 285. The summed E-state index contributed by atoms with van der Waals surface area (Å²) in [6.07, 6.45) is 2.50. The van der Waals surface area contributed by atoms with E-state index in [0.29, 0.717) is 17.8 Å². The van der Waals surface area contributed by atoms with Gasteiger partial charge < -0.3 is 9.73 Å². The second-order valence-corrected chi connectivity index (χ2v) is 3.04. The number of nitrogens with one attached hydrogen (secondary N) is 1. The fraction of sp³-hybridized carbons (Fsp3) is 0.500. The molecule has 1 aromatic heterocycles. The maximum atomic E-state index is 10.8. The molecule has 1 aromatic rings. The molecule has 5 heteroatoms. The van der Waals surface area contributed by atoms with Crippen molar-refractivity contribution in [3.63, 3.8) is 0 Å². The van der Waals surface area contributed by atoms with Crippen LogP contribution in [0, 0.1) is 0 Å². The van der Waals surface area contributed by atoms with Gasteiger partial charge in [-0.25, -0.2) is 4.98 Å². The molecule has 13 heavy (non-hydrogen) atoms. The van der Waals surface area contributed by atoms with Crippen LogP contribution in [0.5, 0.6) is 0 Å². The van der Waals surface area contributed by atoms with E-state index in [-0.39, 0.29) is 5.91 Å². The third kappa shape index (κ3) is 3.18. The Morgan fingerprint density at radius 1 is 1.77 bits per heavy atom. The van der Waals surface area contributed by atoms with Crippen molar-refractivity contribution >= 4 is 21.8 Å². The van der Waals surface area contributed by atoms with Gasteiger partial charge in [-0.15, -0.1) is 0 Å². The third-order valence-electron chi connectivity index (χ3n) is 1.51. The fourth-order valence-electron chi connectivity index (χ4n) is 0.815. The van der Waals surface area contributed by atoms with Crippen molar-refractivity contribution in [1.82, 2.24) is 10.3 Å². The lowest BCUT2D eigenvalue weighted by atomic mass is 10.4. The van der Waals surface area contributed by atoms with E-state index in [2.05, 4.69) is 26.2 Å². The molecule has 1 rings (SSSR count). The highest BCUT2D eigenvalue weighted by Gasteiger charge is 2.03. The standard InChI is InChI=1S/C8H11BrN2O2/c1-2-6-4-11-8(13-6)5-10-7(12)3-9/h4H,2-3,5H2,1H3,(H,10,12). The SMILES string of the molecule is CCc1cnc(CNC(=O)CBr)o1. The number of aryl methyl sites for hydroxylation is 1. The second-order valence-electron chi connectivity index (χ2n) is 2.48. The first-order valence-electron chi connectivity index (χ1n) is 4.02. The Hall–Kier alpha value is -0.840. The highest BCUT2D eigenvalue weighted by molar-refractivity contribution is 9.09. The first-order chi connectivity index (χ1) is 6.26. The van der Waals surface area contributed by atoms with Crippen molar-refractivity contribution < 1.29 is 9.21 Å². The molecular weight excluding hydrogens is 236 g/mol. The van der Waals surface area contributed by atoms with Crippen LogP contribution in [0.4, 0.5) is 0 Å². The minimum atomic E-state index is -0.0729. The van der Waals surface area contributed by atoms with Crippen molar-refractivity contribution in [2.24, 2.45) is 0 Å². The van der Waals surface area contributed by atoms with Gasteiger partial charge in [0.1, 0.15) is 5.76 Å². The van der Waals surface area contributed by atoms with E-state index in [9.17, 15) is 4.79 Å². The smallest absolute Gasteiger partial charge is 0.231 e. The monoisotopic (exact) mass is 246 g/mol. The van der Waals surface area contributed by atoms with Crippen molar-refractivity contribution in [2.75, 3.05) is 5.33 Å². The van der Waals surface area contributed by atoms with Crippen molar-refractivity contribution in [1.29, 1.82) is 0 Å². The summed E-state index contributed by atoms with van der Waals surface area (Å²) in [4.78, 5) is 14.8. The van der Waals surface area contributed by atoms with Crippen LogP contribution in [0.15, 0.2) is 10.6 Å². The summed E-state index contributed by atoms with van der Waals surface area (Å²) in [5, 5.41) is 2.94. The van der Waals surface area contributed by atoms with E-state index >= 15 is 0 Å². The predicted octanol–water partition coefficient (Wildman–Crippen LogP) is 1.25. The molecule has 0 saturated carbocycles. The Balaban J connectivity index is 2.41. The molecule has 0 aliphatic heterocycles. The normalized spacial score (nSPS) is 10.0. The van der Waals surface area contributed by atoms with E-state index in [1.807, 2.05) is 6.92 Å². The number of aromatic nitrogens is 1. The van der Waals surface area contributed by atoms with Gasteiger partial charge in [0.2, 0.25) is 11.8 Å². The van der Waals surface area contributed by atoms with E-state index in [1.54, 1.807) is 6.20 Å². The van der Waals surface area contributed by atoms with Gasteiger partial charge in [0, 0.05) is 6.42 Å². The molecular formula is C8H11BrN2O2. The third-order valence-corrected chi connectivity index (χ3v) is 2.02. The lowest BCUT2D eigenvalue weighted by Crippen LogP contribution is -2.23. The van der Waals surface area contributed by atoms with Crippen LogP contribution in [0.2, 0.25) is 0 Å². The maximum absolute atomic E-state index is 10.8. The number of oxazole rings is 1. The average Bonchev–Trinajstić information content (AvgIpc) is 2.61. The first-order valence-corrected chi connectivity index (χ1v) is 5.14. The summed E-state index contributed by atoms with van der Waals surface area (Å²) in [5.74, 6) is 1.31. The first kappa shape index (κ1) is 10.2. The zero-order valence-corrected chi connectivity index (χ0v) is 8.93. The van der Waals surface area contributed by atoms with Gasteiger partial charge >= 0.3 is 0 Å². The molecule has 72 valence electrons. The van der Waals surface area contributed by atoms with Crippen LogP contribution in [-0.4, -0.2) is 16.2 Å². The molecule has 0 aliphatic rings. The summed E-state index contributed by atoms with van der Waals surface area (Å²) in [5.41, 5.74) is 0. The largest absolute Gasteiger partial charge is 0.444 e. The van der Waals surface area contributed by atoms with Crippen molar-refractivity contribution in [3.05, 3.63) is 17.8 Å². The summed E-state index contributed by atoms with van der Waals surface area (Å²) >= 11 is 3.04. The number of rotatable bonds is 4. The summed E-state index contributed by atoms with van der Waals surface area (Å²) in [6, 6.07) is 0. The molecule has 1 N–H and O–H groups in total. The molecule has 0 unspecified atom stereocenters. The molecule has 0 aliphatic carbocycles. The van der Waals surface area contributed by atoms with E-state index in [4.69, 9.17) is 4.42 Å². The lowest BCUT2D eigenvalue weighted by Gasteiger charge is -1.97. The number of carbonyl (C=O) groups excluding carboxylic acids is 1. The molecule has 4 nitrogen and oxygen atoms in total. The topological polar surface area (TPSA) is 55.1 Å². The quantitative estimate of drug-likeness (QED) is 0.814. The van der Waals surface area contributed by atoms with Crippen LogP contribution in [0.1, 0.15) is 18.6 Å². The number of hydrogen-bond donors (Lipinski definition) is 1. The van der Waals surface area contributed by atoms with E-state index in [1.165, 1.54) is 0 Å². The Kier molecular flexibility index (Phi) is 3.95. The van der Waals surface area contributed by atoms with E-state index in [0.717, 1.165) is 12.2 Å². The van der Waals surface area contributed by atoms with Crippen molar-refractivity contribution in [3.8, 4) is 0 Å². The highest BCUT2D eigenvalue weighted by atomic mass is 79.9. The zero-order chi connectivity index (χ0) is 9.68. The Labute approximate surface area is 84.8 Å². The number of nitrogens with zero attached hydrogens (tertiary/aromatic N) is 1. The Morgan fingerprint density at radius 3 is 3.08 bits per heavy atom. The highest BCUT2D eigenvalue weighted by Crippen LogP contribution is 2.03. The fourth-order valence-corrected chi connectivity index (χ4v) is 1.01. The van der Waals surface area contributed by atoms with Gasteiger partial charge in [0.05, 0.1) is 18.1 Å². The summed E-state index contributed by atoms with van der Waals surface area (Å²) < 4.78 is 5.29. The molecule has 0 aromatic carbocycles. The molecule has 0 spiro atoms.